The zero-order chi connectivity index (χ0) is 22.4. The maximum Gasteiger partial charge on any atom is 0.227 e. The molecule has 3 aromatic heterocycles. The van der Waals surface area contributed by atoms with Crippen molar-refractivity contribution in [2.75, 3.05) is 0 Å². The molecule has 160 valence electrons. The number of hydrogen-bond donors (Lipinski definition) is 0. The Morgan fingerprint density at radius 1 is 0.812 bits per heavy atom. The van der Waals surface area contributed by atoms with Crippen LogP contribution in [0, 0.1) is 13.8 Å². The van der Waals surface area contributed by atoms with E-state index in [0.717, 1.165) is 39.7 Å². The molecule has 0 atom stereocenters. The molecule has 0 fully saturated rings. The van der Waals surface area contributed by atoms with Crippen LogP contribution in [0.2, 0.25) is 0 Å². The molecule has 5 aromatic rings. The molecule has 2 aromatic carbocycles. The number of nitrogens with zero attached hydrogens (tertiary/aromatic N) is 2. The number of rotatable bonds is 1. The van der Waals surface area contributed by atoms with Crippen molar-refractivity contribution in [3.63, 3.8) is 0 Å². The summed E-state index contributed by atoms with van der Waals surface area (Å²) in [6.07, 6.45) is 3.08. The second-order valence-corrected chi connectivity index (χ2v) is 10.8. The van der Waals surface area contributed by atoms with Crippen LogP contribution < -0.4 is 0 Å². The van der Waals surface area contributed by atoms with Crippen molar-refractivity contribution in [2.45, 2.75) is 58.8 Å². The molecule has 3 nitrogen and oxygen atoms in total. The van der Waals surface area contributed by atoms with Gasteiger partial charge in [0.1, 0.15) is 5.58 Å². The topological polar surface area (TPSA) is 38.9 Å². The highest BCUT2D eigenvalue weighted by atomic mass is 16.3. The molecule has 3 heterocycles. The fraction of sp³-hybridized carbons (Fsp3) is 0.310. The average molecular weight is 421 g/mol. The van der Waals surface area contributed by atoms with Crippen molar-refractivity contribution in [2.24, 2.45) is 0 Å². The number of benzene rings is 2. The minimum Gasteiger partial charge on any atom is -0.437 e. The van der Waals surface area contributed by atoms with Crippen LogP contribution in [0.4, 0.5) is 0 Å². The van der Waals surface area contributed by atoms with Gasteiger partial charge in [0.15, 0.2) is 0 Å². The summed E-state index contributed by atoms with van der Waals surface area (Å²) in [5.41, 5.74) is 8.94. The van der Waals surface area contributed by atoms with Gasteiger partial charge >= 0.3 is 0 Å². The van der Waals surface area contributed by atoms with Crippen molar-refractivity contribution >= 4 is 32.8 Å². The molecule has 0 N–H and O–H groups in total. The first kappa shape index (κ1) is 19.5. The van der Waals surface area contributed by atoms with E-state index in [1.54, 1.807) is 0 Å². The molecular weight excluding hydrogens is 392 g/mol. The van der Waals surface area contributed by atoms with E-state index in [1.165, 1.54) is 27.5 Å². The summed E-state index contributed by atoms with van der Waals surface area (Å²) in [5, 5.41) is 4.58. The second-order valence-electron chi connectivity index (χ2n) is 10.8. The fourth-order valence-corrected chi connectivity index (χ4v) is 6.02. The van der Waals surface area contributed by atoms with E-state index in [9.17, 15) is 0 Å². The molecule has 0 saturated carbocycles. The van der Waals surface area contributed by atoms with Crippen LogP contribution in [0.1, 0.15) is 56.5 Å². The van der Waals surface area contributed by atoms with Crippen molar-refractivity contribution in [1.29, 1.82) is 0 Å². The van der Waals surface area contributed by atoms with E-state index in [1.807, 2.05) is 19.2 Å². The molecule has 0 spiro atoms. The Balaban J connectivity index is 1.70. The predicted molar refractivity (Wildman–Crippen MR) is 132 cm³/mol. The summed E-state index contributed by atoms with van der Waals surface area (Å²) in [7, 11) is 0. The van der Waals surface area contributed by atoms with Gasteiger partial charge in [-0.2, -0.15) is 0 Å². The van der Waals surface area contributed by atoms with Gasteiger partial charge in [-0.15, -0.1) is 0 Å². The summed E-state index contributed by atoms with van der Waals surface area (Å²) >= 11 is 0. The molecule has 3 heteroatoms. The third-order valence-corrected chi connectivity index (χ3v) is 7.22. The van der Waals surface area contributed by atoms with Crippen LogP contribution in [0.15, 0.2) is 53.1 Å². The summed E-state index contributed by atoms with van der Waals surface area (Å²) < 4.78 is 6.34. The Bertz CT molecular complexity index is 1570. The lowest BCUT2D eigenvalue weighted by Crippen LogP contribution is -2.17. The average Bonchev–Trinajstić information content (AvgIpc) is 3.16. The van der Waals surface area contributed by atoms with Gasteiger partial charge in [0.2, 0.25) is 5.71 Å². The van der Waals surface area contributed by atoms with Crippen LogP contribution in [-0.2, 0) is 10.8 Å². The van der Waals surface area contributed by atoms with Gasteiger partial charge in [-0.25, -0.2) is 4.98 Å². The molecule has 0 bridgehead atoms. The van der Waals surface area contributed by atoms with Crippen molar-refractivity contribution in [3.05, 3.63) is 71.0 Å². The van der Waals surface area contributed by atoms with Crippen LogP contribution >= 0.6 is 0 Å². The largest absolute Gasteiger partial charge is 0.437 e. The molecule has 0 saturated heterocycles. The lowest BCUT2D eigenvalue weighted by molar-refractivity contribution is 0.403. The SMILES string of the molecule is Cc1cc(-c2nccc3cc4c(cc23)C(C)(C)CC4(C)C)c2oc3nc(C)ccc3c2c1. The fourth-order valence-electron chi connectivity index (χ4n) is 6.02. The van der Waals surface area contributed by atoms with Crippen LogP contribution in [0.5, 0.6) is 0 Å². The van der Waals surface area contributed by atoms with Gasteiger partial charge in [-0.05, 0) is 89.6 Å². The van der Waals surface area contributed by atoms with E-state index in [2.05, 4.69) is 76.0 Å². The molecule has 0 radical (unpaired) electrons. The maximum absolute atomic E-state index is 6.34. The molecule has 1 aliphatic carbocycles. The first-order valence-electron chi connectivity index (χ1n) is 11.4. The smallest absolute Gasteiger partial charge is 0.227 e. The Kier molecular flexibility index (Phi) is 3.77. The van der Waals surface area contributed by atoms with E-state index in [-0.39, 0.29) is 10.8 Å². The van der Waals surface area contributed by atoms with Gasteiger partial charge in [-0.1, -0.05) is 33.8 Å². The minimum absolute atomic E-state index is 0.142. The van der Waals surface area contributed by atoms with E-state index in [4.69, 9.17) is 9.40 Å². The Morgan fingerprint density at radius 2 is 1.56 bits per heavy atom. The number of fused-ring (bicyclic) bond motifs is 5. The van der Waals surface area contributed by atoms with Gasteiger partial charge in [-0.3, -0.25) is 4.98 Å². The highest BCUT2D eigenvalue weighted by Gasteiger charge is 2.42. The Labute approximate surface area is 188 Å². The van der Waals surface area contributed by atoms with Crippen LogP contribution in [0.25, 0.3) is 44.1 Å². The van der Waals surface area contributed by atoms with E-state index >= 15 is 0 Å². The van der Waals surface area contributed by atoms with Crippen molar-refractivity contribution < 1.29 is 4.42 Å². The van der Waals surface area contributed by atoms with E-state index < -0.39 is 0 Å². The molecule has 6 rings (SSSR count). The third kappa shape index (κ3) is 2.67. The summed E-state index contributed by atoms with van der Waals surface area (Å²) in [5.74, 6) is 0. The normalized spacial score (nSPS) is 16.8. The van der Waals surface area contributed by atoms with Crippen LogP contribution in [0.3, 0.4) is 0 Å². The minimum atomic E-state index is 0.142. The molecule has 0 amide bonds. The zero-order valence-electron chi connectivity index (χ0n) is 19.6. The van der Waals surface area contributed by atoms with E-state index in [0.29, 0.717) is 5.71 Å². The Morgan fingerprint density at radius 3 is 2.34 bits per heavy atom. The van der Waals surface area contributed by atoms with Gasteiger partial charge in [0.05, 0.1) is 5.69 Å². The lowest BCUT2D eigenvalue weighted by Gasteiger charge is -2.22. The first-order valence-corrected chi connectivity index (χ1v) is 11.4. The summed E-state index contributed by atoms with van der Waals surface area (Å²) in [4.78, 5) is 9.52. The second kappa shape index (κ2) is 6.19. The van der Waals surface area contributed by atoms with Gasteiger partial charge in [0, 0.05) is 33.6 Å². The Hall–Kier alpha value is -3.20. The number of pyridine rings is 2. The maximum atomic E-state index is 6.34. The molecule has 1 aliphatic rings. The number of furan rings is 1. The first-order chi connectivity index (χ1) is 15.1. The molecule has 0 aliphatic heterocycles. The van der Waals surface area contributed by atoms with Crippen molar-refractivity contribution in [3.8, 4) is 11.3 Å². The monoisotopic (exact) mass is 420 g/mol. The third-order valence-electron chi connectivity index (χ3n) is 7.22. The highest BCUT2D eigenvalue weighted by Crippen LogP contribution is 2.51. The highest BCUT2D eigenvalue weighted by molar-refractivity contribution is 6.11. The predicted octanol–water partition coefficient (Wildman–Crippen LogP) is 7.77. The molecule has 0 unspecified atom stereocenters. The number of aromatic nitrogens is 2. The summed E-state index contributed by atoms with van der Waals surface area (Å²) in [6.45, 7) is 13.6. The van der Waals surface area contributed by atoms with Gasteiger partial charge < -0.3 is 4.42 Å². The van der Waals surface area contributed by atoms with Crippen molar-refractivity contribution in [1.82, 2.24) is 9.97 Å². The molecule has 32 heavy (non-hydrogen) atoms. The zero-order valence-corrected chi connectivity index (χ0v) is 19.6. The molecular formula is C29H28N2O. The number of hydrogen-bond acceptors (Lipinski definition) is 3. The lowest BCUT2D eigenvalue weighted by atomic mass is 9.82. The quantitative estimate of drug-likeness (QED) is 0.278. The summed E-state index contributed by atoms with van der Waals surface area (Å²) in [6, 6.07) is 15.5. The number of aryl methyl sites for hydroxylation is 2. The van der Waals surface area contributed by atoms with Gasteiger partial charge in [0.25, 0.3) is 0 Å². The standard InChI is InChI=1S/C29H28N2O/c1-16-11-21-19-8-7-17(2)31-27(19)32-26(21)22(12-16)25-20-14-24-23(13-18(20)9-10-30-25)28(3,4)15-29(24,5)6/h7-14H,15H2,1-6H3. The van der Waals surface area contributed by atoms with Crippen LogP contribution in [-0.4, -0.2) is 9.97 Å².